The van der Waals surface area contributed by atoms with Gasteiger partial charge in [-0.2, -0.15) is 0 Å². The van der Waals surface area contributed by atoms with E-state index in [2.05, 4.69) is 35.8 Å². The van der Waals surface area contributed by atoms with Crippen LogP contribution in [0.3, 0.4) is 0 Å². The first-order chi connectivity index (χ1) is 10.2. The molecular formula is C15H17BrN4O. The van der Waals surface area contributed by atoms with E-state index in [1.807, 2.05) is 25.3 Å². The highest BCUT2D eigenvalue weighted by Crippen LogP contribution is 2.21. The number of rotatable bonds is 3. The Bertz CT molecular complexity index is 597. The number of pyridine rings is 1. The molecule has 110 valence electrons. The van der Waals surface area contributed by atoms with E-state index < -0.39 is 0 Å². The van der Waals surface area contributed by atoms with E-state index in [4.69, 9.17) is 4.74 Å². The second-order valence-electron chi connectivity index (χ2n) is 5.14. The molecule has 6 heteroatoms. The van der Waals surface area contributed by atoms with Crippen LogP contribution in [0.1, 0.15) is 18.5 Å². The Kier molecular flexibility index (Phi) is 4.34. The molecular weight excluding hydrogens is 332 g/mol. The van der Waals surface area contributed by atoms with Crippen molar-refractivity contribution < 1.29 is 4.74 Å². The maximum Gasteiger partial charge on any atom is 0.232 e. The molecule has 0 saturated carbocycles. The zero-order chi connectivity index (χ0) is 14.7. The van der Waals surface area contributed by atoms with Crippen LogP contribution in [0.2, 0.25) is 0 Å². The van der Waals surface area contributed by atoms with Gasteiger partial charge in [-0.05, 0) is 35.0 Å². The number of ether oxygens (including phenoxy) is 1. The van der Waals surface area contributed by atoms with Crippen LogP contribution in [0, 0.1) is 6.92 Å². The van der Waals surface area contributed by atoms with Gasteiger partial charge in [0.1, 0.15) is 11.9 Å². The number of anilines is 1. The summed E-state index contributed by atoms with van der Waals surface area (Å²) < 4.78 is 6.91. The quantitative estimate of drug-likeness (QED) is 0.853. The highest BCUT2D eigenvalue weighted by Gasteiger charge is 2.21. The predicted molar refractivity (Wildman–Crippen MR) is 84.6 cm³/mol. The first-order valence-corrected chi connectivity index (χ1v) is 7.82. The monoisotopic (exact) mass is 348 g/mol. The zero-order valence-electron chi connectivity index (χ0n) is 11.9. The molecule has 1 aliphatic heterocycles. The van der Waals surface area contributed by atoms with Crippen LogP contribution in [0.5, 0.6) is 5.88 Å². The van der Waals surface area contributed by atoms with Crippen LogP contribution in [-0.4, -0.2) is 34.1 Å². The van der Waals surface area contributed by atoms with Gasteiger partial charge in [-0.3, -0.25) is 4.98 Å². The standard InChI is InChI=1S/C15H17BrN4O/c1-11-8-17-10-15(19-11)21-13-4-6-20(7-5-13)14-3-2-12(16)9-18-14/h2-3,8-10,13H,4-7H2,1H3. The van der Waals surface area contributed by atoms with E-state index in [9.17, 15) is 0 Å². The van der Waals surface area contributed by atoms with Gasteiger partial charge in [0.25, 0.3) is 0 Å². The van der Waals surface area contributed by atoms with Crippen LogP contribution in [0.15, 0.2) is 35.2 Å². The maximum atomic E-state index is 5.91. The third kappa shape index (κ3) is 3.69. The second kappa shape index (κ2) is 6.39. The minimum absolute atomic E-state index is 0.202. The largest absolute Gasteiger partial charge is 0.473 e. The Morgan fingerprint density at radius 1 is 1.19 bits per heavy atom. The van der Waals surface area contributed by atoms with Crippen molar-refractivity contribution in [1.82, 2.24) is 15.0 Å². The molecule has 0 unspecified atom stereocenters. The van der Waals surface area contributed by atoms with Crippen LogP contribution in [0.25, 0.3) is 0 Å². The first-order valence-electron chi connectivity index (χ1n) is 7.02. The topological polar surface area (TPSA) is 51.1 Å². The van der Waals surface area contributed by atoms with E-state index in [0.717, 1.165) is 41.9 Å². The normalized spacial score (nSPS) is 16.0. The summed E-state index contributed by atoms with van der Waals surface area (Å²) >= 11 is 3.41. The zero-order valence-corrected chi connectivity index (χ0v) is 13.5. The number of aromatic nitrogens is 3. The summed E-state index contributed by atoms with van der Waals surface area (Å²) in [6.07, 6.45) is 7.37. The lowest BCUT2D eigenvalue weighted by atomic mass is 10.1. The lowest BCUT2D eigenvalue weighted by Crippen LogP contribution is -2.38. The predicted octanol–water partition coefficient (Wildman–Crippen LogP) is 2.99. The molecule has 1 saturated heterocycles. The summed E-state index contributed by atoms with van der Waals surface area (Å²) in [7, 11) is 0. The third-order valence-corrected chi connectivity index (χ3v) is 3.97. The van der Waals surface area contributed by atoms with Gasteiger partial charge >= 0.3 is 0 Å². The lowest BCUT2D eigenvalue weighted by molar-refractivity contribution is 0.163. The Morgan fingerprint density at radius 2 is 2.00 bits per heavy atom. The van der Waals surface area contributed by atoms with Crippen LogP contribution >= 0.6 is 15.9 Å². The molecule has 0 aliphatic carbocycles. The molecule has 0 atom stereocenters. The Morgan fingerprint density at radius 3 is 2.67 bits per heavy atom. The van der Waals surface area contributed by atoms with Crippen molar-refractivity contribution in [2.24, 2.45) is 0 Å². The summed E-state index contributed by atoms with van der Waals surface area (Å²) in [5, 5.41) is 0. The van der Waals surface area contributed by atoms with E-state index in [1.165, 1.54) is 0 Å². The van der Waals surface area contributed by atoms with E-state index in [0.29, 0.717) is 5.88 Å². The summed E-state index contributed by atoms with van der Waals surface area (Å²) in [6, 6.07) is 4.06. The fourth-order valence-corrected chi connectivity index (χ4v) is 2.66. The third-order valence-electron chi connectivity index (χ3n) is 3.50. The molecule has 1 aliphatic rings. The molecule has 0 N–H and O–H groups in total. The number of piperidine rings is 1. The average Bonchev–Trinajstić information content (AvgIpc) is 2.49. The maximum absolute atomic E-state index is 5.91. The van der Waals surface area contributed by atoms with Gasteiger partial charge in [0, 0.05) is 42.8 Å². The average molecular weight is 349 g/mol. The number of aryl methyl sites for hydroxylation is 1. The van der Waals surface area contributed by atoms with Crippen molar-refractivity contribution in [3.8, 4) is 5.88 Å². The molecule has 3 rings (SSSR count). The fourth-order valence-electron chi connectivity index (χ4n) is 2.43. The lowest BCUT2D eigenvalue weighted by Gasteiger charge is -2.32. The Balaban J connectivity index is 1.56. The summed E-state index contributed by atoms with van der Waals surface area (Å²) in [4.78, 5) is 15.2. The SMILES string of the molecule is Cc1cncc(OC2CCN(c3ccc(Br)cn3)CC2)n1. The van der Waals surface area contributed by atoms with E-state index in [1.54, 1.807) is 12.4 Å². The molecule has 0 bridgehead atoms. The molecule has 5 nitrogen and oxygen atoms in total. The van der Waals surface area contributed by atoms with Crippen molar-refractivity contribution in [3.63, 3.8) is 0 Å². The molecule has 21 heavy (non-hydrogen) atoms. The smallest absolute Gasteiger partial charge is 0.232 e. The van der Waals surface area contributed by atoms with Gasteiger partial charge in [-0.15, -0.1) is 0 Å². The minimum Gasteiger partial charge on any atom is -0.473 e. The van der Waals surface area contributed by atoms with E-state index in [-0.39, 0.29) is 6.10 Å². The number of hydrogen-bond acceptors (Lipinski definition) is 5. The molecule has 0 aromatic carbocycles. The number of halogens is 1. The van der Waals surface area contributed by atoms with Gasteiger partial charge < -0.3 is 9.64 Å². The van der Waals surface area contributed by atoms with Gasteiger partial charge in [0.2, 0.25) is 5.88 Å². The molecule has 0 amide bonds. The molecule has 2 aromatic heterocycles. The van der Waals surface area contributed by atoms with Crippen LogP contribution < -0.4 is 9.64 Å². The number of hydrogen-bond donors (Lipinski definition) is 0. The highest BCUT2D eigenvalue weighted by molar-refractivity contribution is 9.10. The summed E-state index contributed by atoms with van der Waals surface area (Å²) in [6.45, 7) is 3.80. The number of nitrogens with zero attached hydrogens (tertiary/aromatic N) is 4. The molecule has 0 radical (unpaired) electrons. The molecule has 3 heterocycles. The minimum atomic E-state index is 0.202. The van der Waals surface area contributed by atoms with Gasteiger partial charge in [0.05, 0.1) is 11.9 Å². The van der Waals surface area contributed by atoms with Crippen molar-refractivity contribution in [1.29, 1.82) is 0 Å². The molecule has 0 spiro atoms. The van der Waals surface area contributed by atoms with Gasteiger partial charge in [-0.25, -0.2) is 9.97 Å². The van der Waals surface area contributed by atoms with Crippen molar-refractivity contribution >= 4 is 21.7 Å². The fraction of sp³-hybridized carbons (Fsp3) is 0.400. The van der Waals surface area contributed by atoms with Gasteiger partial charge in [-0.1, -0.05) is 0 Å². The van der Waals surface area contributed by atoms with Crippen molar-refractivity contribution in [2.45, 2.75) is 25.9 Å². The van der Waals surface area contributed by atoms with Crippen molar-refractivity contribution in [2.75, 3.05) is 18.0 Å². The summed E-state index contributed by atoms with van der Waals surface area (Å²) in [5.74, 6) is 1.64. The highest BCUT2D eigenvalue weighted by atomic mass is 79.9. The molecule has 2 aromatic rings. The van der Waals surface area contributed by atoms with E-state index >= 15 is 0 Å². The van der Waals surface area contributed by atoms with Gasteiger partial charge in [0.15, 0.2) is 0 Å². The second-order valence-corrected chi connectivity index (χ2v) is 6.05. The Labute approximate surface area is 132 Å². The molecule has 1 fully saturated rings. The van der Waals surface area contributed by atoms with Crippen LogP contribution in [0.4, 0.5) is 5.82 Å². The Hall–Kier alpha value is -1.69. The summed E-state index contributed by atoms with van der Waals surface area (Å²) in [5.41, 5.74) is 0.879. The van der Waals surface area contributed by atoms with Crippen LogP contribution in [-0.2, 0) is 0 Å². The van der Waals surface area contributed by atoms with Crippen molar-refractivity contribution in [3.05, 3.63) is 40.9 Å². The first kappa shape index (κ1) is 14.3.